The summed E-state index contributed by atoms with van der Waals surface area (Å²) in [4.78, 5) is 13.0. The molecule has 1 aromatic carbocycles. The number of nitrogens with zero attached hydrogens (tertiary/aromatic N) is 1. The normalized spacial score (nSPS) is 10.3. The molecule has 0 aliphatic heterocycles. The minimum absolute atomic E-state index is 0.411. The molecule has 0 spiro atoms. The van der Waals surface area contributed by atoms with E-state index < -0.39 is 5.97 Å². The highest BCUT2D eigenvalue weighted by atomic mass is 35.5. The van der Waals surface area contributed by atoms with Crippen LogP contribution in [0.4, 0.5) is 0 Å². The highest BCUT2D eigenvalue weighted by Gasteiger charge is 1.99. The Morgan fingerprint density at radius 3 is 2.47 bits per heavy atom. The first-order chi connectivity index (χ1) is 7.08. The lowest BCUT2D eigenvalue weighted by Crippen LogP contribution is -2.07. The van der Waals surface area contributed by atoms with Crippen LogP contribution in [0.25, 0.3) is 0 Å². The maximum absolute atomic E-state index is 11.2. The Kier molecular flexibility index (Phi) is 4.18. The number of esters is 1. The van der Waals surface area contributed by atoms with Crippen molar-refractivity contribution in [2.75, 3.05) is 14.1 Å². The van der Waals surface area contributed by atoms with Gasteiger partial charge in [0.15, 0.2) is 0 Å². The molecule has 4 heteroatoms. The van der Waals surface area contributed by atoms with Gasteiger partial charge in [0.2, 0.25) is 0 Å². The second-order valence-electron chi connectivity index (χ2n) is 3.15. The maximum Gasteiger partial charge on any atom is 0.337 e. The highest BCUT2D eigenvalue weighted by molar-refractivity contribution is 6.30. The van der Waals surface area contributed by atoms with Crippen LogP contribution in [0, 0.1) is 0 Å². The summed E-state index contributed by atoms with van der Waals surface area (Å²) in [5.74, 6) is 0.0684. The lowest BCUT2D eigenvalue weighted by molar-refractivity contribution is -0.129. The van der Waals surface area contributed by atoms with Crippen molar-refractivity contribution in [3.05, 3.63) is 41.6 Å². The fourth-order valence-electron chi connectivity index (χ4n) is 0.863. The molecule has 0 radical (unpaired) electrons. The molecule has 0 N–H and O–H groups in total. The monoisotopic (exact) mass is 225 g/mol. The Morgan fingerprint density at radius 1 is 1.33 bits per heavy atom. The summed E-state index contributed by atoms with van der Waals surface area (Å²) in [5, 5.41) is 0.610. The first kappa shape index (κ1) is 11.6. The van der Waals surface area contributed by atoms with Gasteiger partial charge in [0.25, 0.3) is 0 Å². The van der Waals surface area contributed by atoms with E-state index in [0.29, 0.717) is 10.8 Å². The van der Waals surface area contributed by atoms with E-state index in [-0.39, 0.29) is 0 Å². The van der Waals surface area contributed by atoms with Crippen LogP contribution in [0.5, 0.6) is 5.75 Å². The van der Waals surface area contributed by atoms with E-state index in [1.54, 1.807) is 35.4 Å². The second kappa shape index (κ2) is 5.41. The molecular weight excluding hydrogens is 214 g/mol. The summed E-state index contributed by atoms with van der Waals surface area (Å²) in [6, 6.07) is 6.62. The number of benzene rings is 1. The van der Waals surface area contributed by atoms with Crippen molar-refractivity contribution in [3.63, 3.8) is 0 Å². The van der Waals surface area contributed by atoms with E-state index in [9.17, 15) is 4.79 Å². The van der Waals surface area contributed by atoms with Gasteiger partial charge in [0.1, 0.15) is 5.75 Å². The lowest BCUT2D eigenvalue weighted by Gasteiger charge is -2.03. The topological polar surface area (TPSA) is 29.5 Å². The third-order valence-electron chi connectivity index (χ3n) is 1.54. The Hall–Kier alpha value is -1.48. The van der Waals surface area contributed by atoms with E-state index in [1.165, 1.54) is 6.08 Å². The molecule has 0 aromatic heterocycles. The van der Waals surface area contributed by atoms with Crippen LogP contribution in [0.2, 0.25) is 5.02 Å². The van der Waals surface area contributed by atoms with E-state index in [2.05, 4.69) is 0 Å². The molecular formula is C11H12ClNO2. The van der Waals surface area contributed by atoms with Crippen molar-refractivity contribution in [3.8, 4) is 5.75 Å². The number of carbonyl (C=O) groups excluding carboxylic acids is 1. The summed E-state index contributed by atoms with van der Waals surface area (Å²) in [7, 11) is 3.65. The van der Waals surface area contributed by atoms with E-state index in [1.807, 2.05) is 14.1 Å². The van der Waals surface area contributed by atoms with Crippen LogP contribution in [0.1, 0.15) is 0 Å². The predicted octanol–water partition coefficient (Wildman–Crippen LogP) is 2.32. The smallest absolute Gasteiger partial charge is 0.337 e. The van der Waals surface area contributed by atoms with E-state index >= 15 is 0 Å². The first-order valence-electron chi connectivity index (χ1n) is 4.40. The minimum atomic E-state index is -0.411. The molecule has 0 fully saturated rings. The van der Waals surface area contributed by atoms with Crippen molar-refractivity contribution >= 4 is 17.6 Å². The molecule has 0 aliphatic carbocycles. The number of halogens is 1. The van der Waals surface area contributed by atoms with Crippen LogP contribution in [0.3, 0.4) is 0 Å². The summed E-state index contributed by atoms with van der Waals surface area (Å²) in [6.07, 6.45) is 2.98. The number of carbonyl (C=O) groups is 1. The molecule has 0 heterocycles. The molecule has 80 valence electrons. The zero-order chi connectivity index (χ0) is 11.3. The molecule has 0 unspecified atom stereocenters. The van der Waals surface area contributed by atoms with Crippen LogP contribution >= 0.6 is 11.6 Å². The van der Waals surface area contributed by atoms with Gasteiger partial charge in [-0.25, -0.2) is 4.79 Å². The SMILES string of the molecule is CN(C)/C=C/C(=O)Oc1ccc(Cl)cc1. The Labute approximate surface area is 93.9 Å². The Morgan fingerprint density at radius 2 is 1.93 bits per heavy atom. The van der Waals surface area contributed by atoms with E-state index in [4.69, 9.17) is 16.3 Å². The second-order valence-corrected chi connectivity index (χ2v) is 3.59. The van der Waals surface area contributed by atoms with Gasteiger partial charge >= 0.3 is 5.97 Å². The zero-order valence-electron chi connectivity index (χ0n) is 8.61. The molecule has 0 amide bonds. The molecule has 0 saturated heterocycles. The van der Waals surface area contributed by atoms with Gasteiger partial charge in [-0.3, -0.25) is 0 Å². The Balaban J connectivity index is 2.55. The fraction of sp³-hybridized carbons (Fsp3) is 0.182. The standard InChI is InChI=1S/C11H12ClNO2/c1-13(2)8-7-11(14)15-10-5-3-9(12)4-6-10/h3-8H,1-2H3/b8-7+. The van der Waals surface area contributed by atoms with Crippen LogP contribution in [0.15, 0.2) is 36.5 Å². The van der Waals surface area contributed by atoms with Gasteiger partial charge in [0.05, 0.1) is 0 Å². The minimum Gasteiger partial charge on any atom is -0.423 e. The Bertz CT molecular complexity index is 357. The van der Waals surface area contributed by atoms with Gasteiger partial charge in [0, 0.05) is 31.4 Å². The summed E-state index contributed by atoms with van der Waals surface area (Å²) < 4.78 is 5.01. The van der Waals surface area contributed by atoms with Crippen LogP contribution in [-0.4, -0.2) is 25.0 Å². The van der Waals surface area contributed by atoms with Crippen molar-refractivity contribution < 1.29 is 9.53 Å². The highest BCUT2D eigenvalue weighted by Crippen LogP contribution is 2.15. The lowest BCUT2D eigenvalue weighted by atomic mass is 10.3. The number of ether oxygens (including phenoxy) is 1. The van der Waals surface area contributed by atoms with Gasteiger partial charge in [-0.2, -0.15) is 0 Å². The molecule has 0 atom stereocenters. The summed E-state index contributed by atoms with van der Waals surface area (Å²) in [5.41, 5.74) is 0. The van der Waals surface area contributed by atoms with Gasteiger partial charge < -0.3 is 9.64 Å². The van der Waals surface area contributed by atoms with Crippen LogP contribution in [-0.2, 0) is 4.79 Å². The molecule has 1 rings (SSSR count). The van der Waals surface area contributed by atoms with Crippen LogP contribution < -0.4 is 4.74 Å². The van der Waals surface area contributed by atoms with Crippen molar-refractivity contribution in [1.82, 2.24) is 4.90 Å². The fourth-order valence-corrected chi connectivity index (χ4v) is 0.989. The van der Waals surface area contributed by atoms with Gasteiger partial charge in [-0.1, -0.05) is 11.6 Å². The average Bonchev–Trinajstić information content (AvgIpc) is 2.19. The molecule has 3 nitrogen and oxygen atoms in total. The van der Waals surface area contributed by atoms with Crippen molar-refractivity contribution in [2.24, 2.45) is 0 Å². The van der Waals surface area contributed by atoms with Gasteiger partial charge in [-0.05, 0) is 24.3 Å². The molecule has 0 saturated carbocycles. The maximum atomic E-state index is 11.2. The number of hydrogen-bond acceptors (Lipinski definition) is 3. The molecule has 15 heavy (non-hydrogen) atoms. The quantitative estimate of drug-likeness (QED) is 0.449. The molecule has 1 aromatic rings. The van der Waals surface area contributed by atoms with Crippen molar-refractivity contribution in [1.29, 1.82) is 0 Å². The van der Waals surface area contributed by atoms with E-state index in [0.717, 1.165) is 0 Å². The summed E-state index contributed by atoms with van der Waals surface area (Å²) in [6.45, 7) is 0. The number of hydrogen-bond donors (Lipinski definition) is 0. The third-order valence-corrected chi connectivity index (χ3v) is 1.79. The molecule has 0 bridgehead atoms. The first-order valence-corrected chi connectivity index (χ1v) is 4.78. The largest absolute Gasteiger partial charge is 0.423 e. The predicted molar refractivity (Wildman–Crippen MR) is 59.9 cm³/mol. The average molecular weight is 226 g/mol. The van der Waals surface area contributed by atoms with Crippen molar-refractivity contribution in [2.45, 2.75) is 0 Å². The number of rotatable bonds is 3. The summed E-state index contributed by atoms with van der Waals surface area (Å²) >= 11 is 5.69. The zero-order valence-corrected chi connectivity index (χ0v) is 9.36. The van der Waals surface area contributed by atoms with Gasteiger partial charge in [-0.15, -0.1) is 0 Å². The molecule has 0 aliphatic rings. The third kappa shape index (κ3) is 4.51.